The first-order valence-electron chi connectivity index (χ1n) is 6.11. The van der Waals surface area contributed by atoms with Crippen LogP contribution >= 0.6 is 0 Å². The number of carbonyl (C=O) groups is 1. The molecule has 1 aromatic heterocycles. The van der Waals surface area contributed by atoms with Crippen molar-refractivity contribution in [1.29, 1.82) is 0 Å². The number of carboxylic acids is 1. The summed E-state index contributed by atoms with van der Waals surface area (Å²) in [6.07, 6.45) is 0. The number of benzene rings is 1. The molecule has 0 amide bonds. The predicted molar refractivity (Wildman–Crippen MR) is 72.8 cm³/mol. The fourth-order valence-corrected chi connectivity index (χ4v) is 2.14. The highest BCUT2D eigenvalue weighted by Gasteiger charge is 2.20. The highest BCUT2D eigenvalue weighted by atomic mass is 19.1. The van der Waals surface area contributed by atoms with E-state index in [9.17, 15) is 9.18 Å². The highest BCUT2D eigenvalue weighted by Crippen LogP contribution is 2.35. The van der Waals surface area contributed by atoms with E-state index in [-0.39, 0.29) is 17.9 Å². The van der Waals surface area contributed by atoms with Gasteiger partial charge < -0.3 is 14.6 Å². The van der Waals surface area contributed by atoms with Crippen LogP contribution in [0.4, 0.5) is 4.39 Å². The number of aromatic carboxylic acids is 1. The van der Waals surface area contributed by atoms with Crippen molar-refractivity contribution in [2.45, 2.75) is 6.61 Å². The van der Waals surface area contributed by atoms with Crippen LogP contribution in [0.15, 0.2) is 18.2 Å². The molecule has 21 heavy (non-hydrogen) atoms. The van der Waals surface area contributed by atoms with Crippen molar-refractivity contribution in [3.8, 4) is 17.0 Å². The van der Waals surface area contributed by atoms with Crippen molar-refractivity contribution in [3.05, 3.63) is 35.3 Å². The van der Waals surface area contributed by atoms with E-state index in [0.29, 0.717) is 17.0 Å². The molecule has 0 saturated carbocycles. The minimum Gasteiger partial charge on any atom is -0.496 e. The van der Waals surface area contributed by atoms with Crippen LogP contribution < -0.4 is 4.74 Å². The lowest BCUT2D eigenvalue weighted by atomic mass is 10.1. The van der Waals surface area contributed by atoms with Gasteiger partial charge in [0.2, 0.25) is 0 Å². The Morgan fingerprint density at radius 2 is 2.14 bits per heavy atom. The normalized spacial score (nSPS) is 10.7. The summed E-state index contributed by atoms with van der Waals surface area (Å²) in [6.45, 7) is 0.0481. The van der Waals surface area contributed by atoms with Crippen LogP contribution in [0.2, 0.25) is 0 Å². The molecule has 1 N–H and O–H groups in total. The number of nitrogens with zero attached hydrogens (tertiary/aromatic N) is 2. The summed E-state index contributed by atoms with van der Waals surface area (Å²) in [4.78, 5) is 11.0. The standard InChI is InChI=1S/C14H15FN2O4/c1-17-12(6-11(16-17)14(18)19)8-4-5-10(15)9(7-20-2)13(8)21-3/h4-6H,7H2,1-3H3,(H,18,19). The maximum absolute atomic E-state index is 13.9. The number of carboxylic acid groups (broad SMARTS) is 1. The minimum absolute atomic E-state index is 0.0481. The third kappa shape index (κ3) is 2.73. The Balaban J connectivity index is 2.63. The summed E-state index contributed by atoms with van der Waals surface area (Å²) in [5, 5.41) is 12.9. The third-order valence-corrected chi connectivity index (χ3v) is 3.07. The quantitative estimate of drug-likeness (QED) is 0.914. The first-order valence-corrected chi connectivity index (χ1v) is 6.11. The van der Waals surface area contributed by atoms with Crippen LogP contribution in [0.5, 0.6) is 5.75 Å². The number of halogens is 1. The van der Waals surface area contributed by atoms with Crippen molar-refractivity contribution in [3.63, 3.8) is 0 Å². The molecule has 0 bridgehead atoms. The van der Waals surface area contributed by atoms with Crippen LogP contribution in [-0.2, 0) is 18.4 Å². The fourth-order valence-electron chi connectivity index (χ4n) is 2.14. The van der Waals surface area contributed by atoms with E-state index < -0.39 is 11.8 Å². The van der Waals surface area contributed by atoms with E-state index in [1.807, 2.05) is 0 Å². The molecule has 6 nitrogen and oxygen atoms in total. The summed E-state index contributed by atoms with van der Waals surface area (Å²) >= 11 is 0. The molecule has 0 saturated heterocycles. The van der Waals surface area contributed by atoms with Gasteiger partial charge in [-0.1, -0.05) is 0 Å². The maximum Gasteiger partial charge on any atom is 0.356 e. The second-order valence-corrected chi connectivity index (χ2v) is 4.38. The van der Waals surface area contributed by atoms with Crippen molar-refractivity contribution in [1.82, 2.24) is 9.78 Å². The van der Waals surface area contributed by atoms with Gasteiger partial charge in [-0.05, 0) is 18.2 Å². The van der Waals surface area contributed by atoms with Gasteiger partial charge in [0, 0.05) is 19.7 Å². The van der Waals surface area contributed by atoms with Crippen LogP contribution in [-0.4, -0.2) is 35.1 Å². The van der Waals surface area contributed by atoms with Gasteiger partial charge in [-0.15, -0.1) is 0 Å². The predicted octanol–water partition coefficient (Wildman–Crippen LogP) is 2.08. The molecule has 2 rings (SSSR count). The van der Waals surface area contributed by atoms with Crippen molar-refractivity contribution in [2.24, 2.45) is 7.05 Å². The van der Waals surface area contributed by atoms with Gasteiger partial charge in [0.15, 0.2) is 5.69 Å². The molecule has 0 aliphatic heterocycles. The largest absolute Gasteiger partial charge is 0.496 e. The van der Waals surface area contributed by atoms with E-state index in [1.165, 1.54) is 37.1 Å². The SMILES string of the molecule is COCc1c(F)ccc(-c2cc(C(=O)O)nn2C)c1OC. The van der Waals surface area contributed by atoms with Crippen LogP contribution in [0, 0.1) is 5.82 Å². The highest BCUT2D eigenvalue weighted by molar-refractivity contribution is 5.87. The molecular formula is C14H15FN2O4. The first-order chi connectivity index (χ1) is 9.99. The zero-order valence-electron chi connectivity index (χ0n) is 11.9. The zero-order valence-corrected chi connectivity index (χ0v) is 11.9. The molecule has 0 aliphatic rings. The zero-order chi connectivity index (χ0) is 15.6. The smallest absolute Gasteiger partial charge is 0.356 e. The molecule has 0 unspecified atom stereocenters. The molecule has 112 valence electrons. The Bertz CT molecular complexity index is 682. The average molecular weight is 294 g/mol. The van der Waals surface area contributed by atoms with Gasteiger partial charge in [-0.3, -0.25) is 4.68 Å². The monoisotopic (exact) mass is 294 g/mol. The second-order valence-electron chi connectivity index (χ2n) is 4.38. The van der Waals surface area contributed by atoms with Gasteiger partial charge in [0.05, 0.1) is 25.0 Å². The molecular weight excluding hydrogens is 279 g/mol. The molecule has 0 fully saturated rings. The van der Waals surface area contributed by atoms with Gasteiger partial charge in [-0.25, -0.2) is 9.18 Å². The van der Waals surface area contributed by atoms with Crippen LogP contribution in [0.25, 0.3) is 11.3 Å². The Morgan fingerprint density at radius 1 is 1.43 bits per heavy atom. The number of hydrogen-bond donors (Lipinski definition) is 1. The number of aryl methyl sites for hydroxylation is 1. The van der Waals surface area contributed by atoms with E-state index in [4.69, 9.17) is 14.6 Å². The minimum atomic E-state index is -1.13. The number of methoxy groups -OCH3 is 2. The average Bonchev–Trinajstić information content (AvgIpc) is 2.83. The molecule has 1 heterocycles. The number of ether oxygens (including phenoxy) is 2. The molecule has 0 atom stereocenters. The Kier molecular flexibility index (Phi) is 4.23. The third-order valence-electron chi connectivity index (χ3n) is 3.07. The van der Waals surface area contributed by atoms with Crippen LogP contribution in [0.1, 0.15) is 16.1 Å². The van der Waals surface area contributed by atoms with Gasteiger partial charge in [0.1, 0.15) is 11.6 Å². The number of rotatable bonds is 5. The molecule has 2 aromatic rings. The Hall–Kier alpha value is -2.41. The maximum atomic E-state index is 13.9. The van der Waals surface area contributed by atoms with Gasteiger partial charge >= 0.3 is 5.97 Å². The topological polar surface area (TPSA) is 73.6 Å². The Morgan fingerprint density at radius 3 is 2.67 bits per heavy atom. The summed E-state index contributed by atoms with van der Waals surface area (Å²) in [7, 11) is 4.49. The van der Waals surface area contributed by atoms with E-state index >= 15 is 0 Å². The summed E-state index contributed by atoms with van der Waals surface area (Å²) in [6, 6.07) is 4.23. The van der Waals surface area contributed by atoms with Crippen LogP contribution in [0.3, 0.4) is 0 Å². The molecule has 0 aliphatic carbocycles. The fraction of sp³-hybridized carbons (Fsp3) is 0.286. The van der Waals surface area contributed by atoms with Crippen molar-refractivity contribution < 1.29 is 23.8 Å². The summed E-state index contributed by atoms with van der Waals surface area (Å²) in [5.74, 6) is -1.27. The van der Waals surface area contributed by atoms with E-state index in [2.05, 4.69) is 5.10 Å². The molecule has 7 heteroatoms. The number of aromatic nitrogens is 2. The van der Waals surface area contributed by atoms with Crippen molar-refractivity contribution >= 4 is 5.97 Å². The lowest BCUT2D eigenvalue weighted by Crippen LogP contribution is -2.02. The lowest BCUT2D eigenvalue weighted by Gasteiger charge is -2.14. The van der Waals surface area contributed by atoms with Crippen molar-refractivity contribution in [2.75, 3.05) is 14.2 Å². The van der Waals surface area contributed by atoms with E-state index in [0.717, 1.165) is 0 Å². The summed E-state index contributed by atoms with van der Waals surface area (Å²) in [5.41, 5.74) is 1.25. The molecule has 0 spiro atoms. The van der Waals surface area contributed by atoms with Gasteiger partial charge in [0.25, 0.3) is 0 Å². The second kappa shape index (κ2) is 5.92. The summed E-state index contributed by atoms with van der Waals surface area (Å²) < 4.78 is 25.5. The molecule has 1 aromatic carbocycles. The number of hydrogen-bond acceptors (Lipinski definition) is 4. The van der Waals surface area contributed by atoms with E-state index in [1.54, 1.807) is 7.05 Å². The first kappa shape index (κ1) is 15.0. The van der Waals surface area contributed by atoms with Gasteiger partial charge in [-0.2, -0.15) is 5.10 Å². The Labute approximate surface area is 120 Å². The molecule has 0 radical (unpaired) electrons. The lowest BCUT2D eigenvalue weighted by molar-refractivity contribution is 0.0689.